The minimum absolute atomic E-state index is 0.0547. The number of anilines is 1. The zero-order valence-corrected chi connectivity index (χ0v) is 19.4. The van der Waals surface area contributed by atoms with E-state index in [1.165, 1.54) is 23.3 Å². The molecule has 1 aromatic heterocycles. The van der Waals surface area contributed by atoms with Crippen LogP contribution in [-0.2, 0) is 0 Å². The number of aromatic nitrogens is 1. The maximum Gasteiger partial charge on any atom is 0.280 e. The monoisotopic (exact) mass is 457 g/mol. The minimum Gasteiger partial charge on any atom is -0.494 e. The van der Waals surface area contributed by atoms with E-state index in [1.807, 2.05) is 56.3 Å². The van der Waals surface area contributed by atoms with E-state index < -0.39 is 0 Å². The van der Waals surface area contributed by atoms with Crippen LogP contribution in [0.2, 0.25) is 0 Å². The summed E-state index contributed by atoms with van der Waals surface area (Å²) in [5.41, 5.74) is 3.71. The van der Waals surface area contributed by atoms with Crippen LogP contribution in [0.1, 0.15) is 45.7 Å². The summed E-state index contributed by atoms with van der Waals surface area (Å²) in [5.74, 6) is 0.388. The molecule has 1 amide bonds. The Hall–Kier alpha value is -3.84. The highest BCUT2D eigenvalue weighted by molar-refractivity contribution is 7.22. The van der Waals surface area contributed by atoms with Crippen LogP contribution in [0.3, 0.4) is 0 Å². The van der Waals surface area contributed by atoms with Crippen LogP contribution in [0.25, 0.3) is 10.2 Å². The molecular formula is C26H23N3O3S. The Morgan fingerprint density at radius 2 is 1.73 bits per heavy atom. The number of hydrazone groups is 1. The molecule has 1 heterocycles. The molecule has 7 heteroatoms. The molecule has 0 spiro atoms. The van der Waals surface area contributed by atoms with Gasteiger partial charge in [-0.3, -0.25) is 9.59 Å². The van der Waals surface area contributed by atoms with Gasteiger partial charge >= 0.3 is 0 Å². The summed E-state index contributed by atoms with van der Waals surface area (Å²) in [6.07, 6.45) is 1.62. The highest BCUT2D eigenvalue weighted by Gasteiger charge is 2.21. The lowest BCUT2D eigenvalue weighted by Crippen LogP contribution is -2.25. The molecule has 4 rings (SSSR count). The Morgan fingerprint density at radius 3 is 2.39 bits per heavy atom. The predicted octanol–water partition coefficient (Wildman–Crippen LogP) is 5.89. The summed E-state index contributed by atoms with van der Waals surface area (Å²) in [5, 5.41) is 6.27. The molecule has 0 aliphatic carbocycles. The van der Waals surface area contributed by atoms with E-state index in [4.69, 9.17) is 4.74 Å². The van der Waals surface area contributed by atoms with Gasteiger partial charge in [0.25, 0.3) is 5.91 Å². The molecule has 0 unspecified atom stereocenters. The molecule has 0 aliphatic rings. The third-order valence-electron chi connectivity index (χ3n) is 4.96. The summed E-state index contributed by atoms with van der Waals surface area (Å²) < 4.78 is 6.46. The standard InChI is InChI=1S/C26H23N3O3S/c1-4-32-22-12-6-19(7-13-22)16-27-29(25(31)21-10-8-20(9-11-21)18(3)30)26-28-23-14-5-17(2)15-24(23)33-26/h5-16H,4H2,1-3H3/b27-16+. The van der Waals surface area contributed by atoms with Crippen LogP contribution in [0.5, 0.6) is 5.75 Å². The Bertz CT molecular complexity index is 1330. The fraction of sp³-hybridized carbons (Fsp3) is 0.154. The molecule has 0 saturated carbocycles. The molecule has 0 fully saturated rings. The van der Waals surface area contributed by atoms with Gasteiger partial charge in [0.2, 0.25) is 5.13 Å². The Kier molecular flexibility index (Phi) is 6.60. The van der Waals surface area contributed by atoms with Gasteiger partial charge in [0, 0.05) is 11.1 Å². The predicted molar refractivity (Wildman–Crippen MR) is 133 cm³/mol. The number of hydrogen-bond acceptors (Lipinski definition) is 6. The zero-order valence-electron chi connectivity index (χ0n) is 18.6. The lowest BCUT2D eigenvalue weighted by atomic mass is 10.1. The van der Waals surface area contributed by atoms with Gasteiger partial charge in [0.05, 0.1) is 23.0 Å². The van der Waals surface area contributed by atoms with Crippen molar-refractivity contribution in [2.45, 2.75) is 20.8 Å². The molecule has 0 saturated heterocycles. The SMILES string of the molecule is CCOc1ccc(/C=N/N(C(=O)c2ccc(C(C)=O)cc2)c2nc3ccc(C)cc3s2)cc1. The topological polar surface area (TPSA) is 71.9 Å². The number of fused-ring (bicyclic) bond motifs is 1. The van der Waals surface area contributed by atoms with Gasteiger partial charge in [-0.15, -0.1) is 0 Å². The first kappa shape index (κ1) is 22.4. The number of ketones is 1. The van der Waals surface area contributed by atoms with Gasteiger partial charge in [-0.25, -0.2) is 4.98 Å². The second-order valence-electron chi connectivity index (χ2n) is 7.46. The van der Waals surface area contributed by atoms with Gasteiger partial charge in [0.15, 0.2) is 5.78 Å². The van der Waals surface area contributed by atoms with E-state index in [9.17, 15) is 9.59 Å². The minimum atomic E-state index is -0.330. The molecule has 6 nitrogen and oxygen atoms in total. The van der Waals surface area contributed by atoms with E-state index >= 15 is 0 Å². The summed E-state index contributed by atoms with van der Waals surface area (Å²) >= 11 is 1.40. The Morgan fingerprint density at radius 1 is 1.03 bits per heavy atom. The summed E-state index contributed by atoms with van der Waals surface area (Å²) in [4.78, 5) is 29.6. The van der Waals surface area contributed by atoms with Crippen molar-refractivity contribution in [3.8, 4) is 5.75 Å². The molecule has 0 aliphatic heterocycles. The fourth-order valence-electron chi connectivity index (χ4n) is 3.21. The van der Waals surface area contributed by atoms with Gasteiger partial charge in [-0.2, -0.15) is 10.1 Å². The molecule has 0 N–H and O–H groups in total. The van der Waals surface area contributed by atoms with Crippen LogP contribution in [-0.4, -0.2) is 29.5 Å². The number of nitrogens with zero attached hydrogens (tertiary/aromatic N) is 3. The van der Waals surface area contributed by atoms with Crippen molar-refractivity contribution in [3.05, 3.63) is 89.0 Å². The first-order chi connectivity index (χ1) is 15.9. The zero-order chi connectivity index (χ0) is 23.4. The van der Waals surface area contributed by atoms with Crippen molar-refractivity contribution in [2.75, 3.05) is 11.6 Å². The first-order valence-corrected chi connectivity index (χ1v) is 11.4. The fourth-order valence-corrected chi connectivity index (χ4v) is 4.23. The normalized spacial score (nSPS) is 11.1. The lowest BCUT2D eigenvalue weighted by molar-refractivity contribution is 0.0983. The van der Waals surface area contributed by atoms with Crippen LogP contribution >= 0.6 is 11.3 Å². The number of carbonyl (C=O) groups excluding carboxylic acids is 2. The number of carbonyl (C=O) groups is 2. The number of amides is 1. The van der Waals surface area contributed by atoms with Crippen LogP contribution < -0.4 is 9.75 Å². The molecule has 0 radical (unpaired) electrons. The van der Waals surface area contributed by atoms with Crippen molar-refractivity contribution < 1.29 is 14.3 Å². The van der Waals surface area contributed by atoms with Crippen molar-refractivity contribution in [2.24, 2.45) is 5.10 Å². The van der Waals surface area contributed by atoms with E-state index in [2.05, 4.69) is 10.1 Å². The quantitative estimate of drug-likeness (QED) is 0.197. The van der Waals surface area contributed by atoms with Gasteiger partial charge in [-0.05, 0) is 80.4 Å². The molecule has 0 bridgehead atoms. The van der Waals surface area contributed by atoms with Crippen molar-refractivity contribution in [3.63, 3.8) is 0 Å². The summed E-state index contributed by atoms with van der Waals surface area (Å²) in [6.45, 7) is 6.03. The van der Waals surface area contributed by atoms with E-state index in [-0.39, 0.29) is 11.7 Å². The molecule has 3 aromatic carbocycles. The van der Waals surface area contributed by atoms with Crippen molar-refractivity contribution >= 4 is 44.6 Å². The number of hydrogen-bond donors (Lipinski definition) is 0. The Labute approximate surface area is 196 Å². The third kappa shape index (κ3) is 5.15. The number of thiazole rings is 1. The van der Waals surface area contributed by atoms with Crippen LogP contribution in [0.15, 0.2) is 71.8 Å². The molecular weight excluding hydrogens is 434 g/mol. The molecule has 4 aromatic rings. The van der Waals surface area contributed by atoms with Gasteiger partial charge in [0.1, 0.15) is 5.75 Å². The van der Waals surface area contributed by atoms with Crippen LogP contribution in [0, 0.1) is 6.92 Å². The van der Waals surface area contributed by atoms with E-state index in [1.54, 1.807) is 30.5 Å². The molecule has 166 valence electrons. The highest BCUT2D eigenvalue weighted by atomic mass is 32.1. The first-order valence-electron chi connectivity index (χ1n) is 10.5. The summed E-state index contributed by atoms with van der Waals surface area (Å²) in [6, 6.07) is 20.0. The highest BCUT2D eigenvalue weighted by Crippen LogP contribution is 2.31. The van der Waals surface area contributed by atoms with Crippen molar-refractivity contribution in [1.29, 1.82) is 0 Å². The lowest BCUT2D eigenvalue weighted by Gasteiger charge is -2.14. The van der Waals surface area contributed by atoms with Crippen molar-refractivity contribution in [1.82, 2.24) is 4.98 Å². The third-order valence-corrected chi connectivity index (χ3v) is 5.95. The molecule has 0 atom stereocenters. The number of aryl methyl sites for hydroxylation is 1. The maximum atomic E-state index is 13.4. The number of benzene rings is 3. The van der Waals surface area contributed by atoms with E-state index in [0.717, 1.165) is 27.1 Å². The average molecular weight is 458 g/mol. The number of rotatable bonds is 7. The van der Waals surface area contributed by atoms with Crippen LogP contribution in [0.4, 0.5) is 5.13 Å². The van der Waals surface area contributed by atoms with Gasteiger partial charge in [-0.1, -0.05) is 29.5 Å². The smallest absolute Gasteiger partial charge is 0.280 e. The molecule has 33 heavy (non-hydrogen) atoms. The van der Waals surface area contributed by atoms with E-state index in [0.29, 0.717) is 22.9 Å². The summed E-state index contributed by atoms with van der Waals surface area (Å²) in [7, 11) is 0. The van der Waals surface area contributed by atoms with Gasteiger partial charge < -0.3 is 4.74 Å². The average Bonchev–Trinajstić information content (AvgIpc) is 3.23. The Balaban J connectivity index is 1.70. The second kappa shape index (κ2) is 9.75. The largest absolute Gasteiger partial charge is 0.494 e. The number of Topliss-reactive ketones (excluding diaryl/α,β-unsaturated/α-hetero) is 1. The second-order valence-corrected chi connectivity index (χ2v) is 8.47. The number of ether oxygens (including phenoxy) is 1. The maximum absolute atomic E-state index is 13.4.